The van der Waals surface area contributed by atoms with Crippen LogP contribution in [0.3, 0.4) is 0 Å². The van der Waals surface area contributed by atoms with Gasteiger partial charge in [-0.1, -0.05) is 53.0 Å². The van der Waals surface area contributed by atoms with Crippen LogP contribution in [0, 0.1) is 0 Å². The molecule has 8 heteroatoms. The summed E-state index contributed by atoms with van der Waals surface area (Å²) >= 11 is 18.7. The highest BCUT2D eigenvalue weighted by molar-refractivity contribution is 6.33. The van der Waals surface area contributed by atoms with Gasteiger partial charge in [0.15, 0.2) is 0 Å². The third-order valence-corrected chi connectivity index (χ3v) is 5.31. The van der Waals surface area contributed by atoms with Crippen LogP contribution in [0.25, 0.3) is 10.9 Å². The Morgan fingerprint density at radius 2 is 1.76 bits per heavy atom. The van der Waals surface area contributed by atoms with Crippen molar-refractivity contribution in [2.45, 2.75) is 6.04 Å². The quantitative estimate of drug-likeness (QED) is 0.354. The van der Waals surface area contributed by atoms with Crippen LogP contribution >= 0.6 is 34.8 Å². The number of fused-ring (bicyclic) bond motifs is 1. The van der Waals surface area contributed by atoms with E-state index in [9.17, 15) is 5.11 Å². The summed E-state index contributed by atoms with van der Waals surface area (Å²) in [6, 6.07) is 13.5. The van der Waals surface area contributed by atoms with Crippen molar-refractivity contribution in [1.82, 2.24) is 9.97 Å². The maximum absolute atomic E-state index is 11.0. The number of halogens is 3. The van der Waals surface area contributed by atoms with E-state index < -0.39 is 6.04 Å². The summed E-state index contributed by atoms with van der Waals surface area (Å²) < 4.78 is 0. The molecule has 4 N–H and O–H groups in total. The Labute approximate surface area is 182 Å². The monoisotopic (exact) mass is 444 g/mol. The lowest BCUT2D eigenvalue weighted by Gasteiger charge is -2.23. The van der Waals surface area contributed by atoms with Crippen molar-refractivity contribution in [3.05, 3.63) is 87.1 Å². The largest absolute Gasteiger partial charge is 0.505 e. The number of nitrogens with two attached hydrogens (primary N) is 1. The second-order valence-electron chi connectivity index (χ2n) is 6.41. The van der Waals surface area contributed by atoms with Crippen LogP contribution in [0.5, 0.6) is 5.75 Å². The Morgan fingerprint density at radius 3 is 2.55 bits per heavy atom. The minimum Gasteiger partial charge on any atom is -0.505 e. The van der Waals surface area contributed by atoms with Gasteiger partial charge in [-0.25, -0.2) is 4.98 Å². The normalized spacial score (nSPS) is 12.1. The number of phenols is 1. The van der Waals surface area contributed by atoms with Crippen molar-refractivity contribution in [2.75, 3.05) is 11.1 Å². The van der Waals surface area contributed by atoms with Crippen LogP contribution < -0.4 is 11.1 Å². The van der Waals surface area contributed by atoms with Gasteiger partial charge in [0.05, 0.1) is 16.8 Å². The zero-order valence-electron chi connectivity index (χ0n) is 14.9. The Kier molecular flexibility index (Phi) is 5.37. The molecule has 5 nitrogen and oxygen atoms in total. The van der Waals surface area contributed by atoms with Crippen LogP contribution in [0.1, 0.15) is 17.2 Å². The number of phenolic OH excluding ortho intramolecular Hbond substituents is 1. The fourth-order valence-electron chi connectivity index (χ4n) is 3.15. The first kappa shape index (κ1) is 19.6. The molecule has 0 amide bonds. The van der Waals surface area contributed by atoms with Gasteiger partial charge in [-0.15, -0.1) is 0 Å². The van der Waals surface area contributed by atoms with Crippen molar-refractivity contribution in [3.63, 3.8) is 0 Å². The molecule has 29 heavy (non-hydrogen) atoms. The summed E-state index contributed by atoms with van der Waals surface area (Å²) in [5.74, 6) is 0.431. The van der Waals surface area contributed by atoms with E-state index in [0.29, 0.717) is 43.2 Å². The third kappa shape index (κ3) is 3.90. The molecular weight excluding hydrogens is 431 g/mol. The van der Waals surface area contributed by atoms with Crippen LogP contribution in [0.15, 0.2) is 60.9 Å². The zero-order valence-corrected chi connectivity index (χ0v) is 17.2. The number of hydrogen-bond donors (Lipinski definition) is 3. The lowest BCUT2D eigenvalue weighted by atomic mass is 9.96. The molecule has 0 fully saturated rings. The molecule has 2 aromatic carbocycles. The van der Waals surface area contributed by atoms with E-state index in [1.54, 1.807) is 36.5 Å². The number of aromatic nitrogens is 2. The number of nitrogens with zero attached hydrogens (tertiary/aromatic N) is 2. The molecule has 146 valence electrons. The Morgan fingerprint density at radius 1 is 0.931 bits per heavy atom. The summed E-state index contributed by atoms with van der Waals surface area (Å²) in [7, 11) is 0. The number of rotatable bonds is 4. The van der Waals surface area contributed by atoms with Crippen molar-refractivity contribution in [2.24, 2.45) is 0 Å². The molecule has 0 aliphatic rings. The topological polar surface area (TPSA) is 84.1 Å². The van der Waals surface area contributed by atoms with Crippen molar-refractivity contribution in [1.29, 1.82) is 0 Å². The fourth-order valence-corrected chi connectivity index (χ4v) is 3.72. The van der Waals surface area contributed by atoms with Crippen molar-refractivity contribution < 1.29 is 5.11 Å². The number of nitrogen functional groups attached to an aromatic ring is 1. The molecule has 2 heterocycles. The first-order chi connectivity index (χ1) is 13.9. The van der Waals surface area contributed by atoms with E-state index in [4.69, 9.17) is 40.5 Å². The molecule has 1 atom stereocenters. The van der Waals surface area contributed by atoms with Gasteiger partial charge in [-0.3, -0.25) is 4.98 Å². The number of aromatic hydroxyl groups is 1. The molecule has 0 bridgehead atoms. The Bertz CT molecular complexity index is 1220. The van der Waals surface area contributed by atoms with Gasteiger partial charge in [0.25, 0.3) is 0 Å². The second kappa shape index (κ2) is 7.95. The molecule has 1 unspecified atom stereocenters. The van der Waals surface area contributed by atoms with Gasteiger partial charge in [-0.2, -0.15) is 0 Å². The van der Waals surface area contributed by atoms with Gasteiger partial charge in [0.1, 0.15) is 17.1 Å². The number of benzene rings is 2. The standard InChI is InChI=1S/C21H15Cl3N4O/c22-12-4-6-16(24)15(8-12)19(28-21-17(25)9-13(23)10-27-21)14-5-3-11-2-1-7-26-18(11)20(14)29/h1-10,19,29H,25H2,(H,27,28). The first-order valence-electron chi connectivity index (χ1n) is 8.63. The highest BCUT2D eigenvalue weighted by Gasteiger charge is 2.23. The predicted molar refractivity (Wildman–Crippen MR) is 119 cm³/mol. The molecule has 0 saturated carbocycles. The lowest BCUT2D eigenvalue weighted by molar-refractivity contribution is 0.471. The molecule has 0 radical (unpaired) electrons. The van der Waals surface area contributed by atoms with Gasteiger partial charge >= 0.3 is 0 Å². The van der Waals surface area contributed by atoms with Gasteiger partial charge in [-0.05, 0) is 35.9 Å². The SMILES string of the molecule is Nc1cc(Cl)cnc1NC(c1cc(Cl)ccc1Cl)c1ccc2cccnc2c1O. The minimum absolute atomic E-state index is 0.0316. The smallest absolute Gasteiger partial charge is 0.150 e. The van der Waals surface area contributed by atoms with E-state index in [-0.39, 0.29) is 5.75 Å². The van der Waals surface area contributed by atoms with E-state index in [1.165, 1.54) is 6.20 Å². The van der Waals surface area contributed by atoms with Crippen LogP contribution in [0.4, 0.5) is 11.5 Å². The lowest BCUT2D eigenvalue weighted by Crippen LogP contribution is -2.15. The van der Waals surface area contributed by atoms with Crippen LogP contribution in [-0.4, -0.2) is 15.1 Å². The third-order valence-electron chi connectivity index (χ3n) is 4.52. The maximum Gasteiger partial charge on any atom is 0.150 e. The predicted octanol–water partition coefficient (Wildman–Crippen LogP) is 6.08. The van der Waals surface area contributed by atoms with Crippen molar-refractivity contribution >= 4 is 57.2 Å². The number of pyridine rings is 2. The molecule has 4 aromatic rings. The number of hydrogen-bond acceptors (Lipinski definition) is 5. The number of anilines is 2. The minimum atomic E-state index is -0.594. The highest BCUT2D eigenvalue weighted by Crippen LogP contribution is 2.40. The average Bonchev–Trinajstić information content (AvgIpc) is 2.70. The first-order valence-corrected chi connectivity index (χ1v) is 9.76. The maximum atomic E-state index is 11.0. The van der Waals surface area contributed by atoms with E-state index in [0.717, 1.165) is 5.39 Å². The molecule has 0 aliphatic carbocycles. The number of nitrogens with one attached hydrogen (secondary N) is 1. The second-order valence-corrected chi connectivity index (χ2v) is 7.69. The Hall–Kier alpha value is -2.73. The highest BCUT2D eigenvalue weighted by atomic mass is 35.5. The molecule has 2 aromatic heterocycles. The van der Waals surface area contributed by atoms with Gasteiger partial charge in [0.2, 0.25) is 0 Å². The summed E-state index contributed by atoms with van der Waals surface area (Å²) in [6.45, 7) is 0. The summed E-state index contributed by atoms with van der Waals surface area (Å²) in [4.78, 5) is 8.57. The fraction of sp³-hybridized carbons (Fsp3) is 0.0476. The van der Waals surface area contributed by atoms with Gasteiger partial charge < -0.3 is 16.2 Å². The van der Waals surface area contributed by atoms with Crippen LogP contribution in [0.2, 0.25) is 15.1 Å². The molecule has 0 saturated heterocycles. The molecule has 4 rings (SSSR count). The zero-order chi connectivity index (χ0) is 20.5. The Balaban J connectivity index is 1.91. The van der Waals surface area contributed by atoms with E-state index in [1.807, 2.05) is 18.2 Å². The summed E-state index contributed by atoms with van der Waals surface area (Å²) in [6.07, 6.45) is 3.11. The summed E-state index contributed by atoms with van der Waals surface area (Å²) in [5, 5.41) is 16.4. The van der Waals surface area contributed by atoms with E-state index >= 15 is 0 Å². The van der Waals surface area contributed by atoms with Gasteiger partial charge in [0, 0.05) is 33.4 Å². The molecule has 0 aliphatic heterocycles. The summed E-state index contributed by atoms with van der Waals surface area (Å²) in [5.41, 5.74) is 8.12. The van der Waals surface area contributed by atoms with E-state index in [2.05, 4.69) is 15.3 Å². The average molecular weight is 446 g/mol. The molecule has 0 spiro atoms. The molecular formula is C21H15Cl3N4O. The van der Waals surface area contributed by atoms with Crippen LogP contribution in [-0.2, 0) is 0 Å². The van der Waals surface area contributed by atoms with Crippen molar-refractivity contribution in [3.8, 4) is 5.75 Å².